The Morgan fingerprint density at radius 2 is 2.00 bits per heavy atom. The molecular formula is C16H22N2O. The predicted octanol–water partition coefficient (Wildman–Crippen LogP) is 3.71. The summed E-state index contributed by atoms with van der Waals surface area (Å²) in [7, 11) is 0. The van der Waals surface area contributed by atoms with Gasteiger partial charge >= 0.3 is 0 Å². The van der Waals surface area contributed by atoms with Gasteiger partial charge in [0.1, 0.15) is 0 Å². The molecule has 0 fully saturated rings. The number of anilines is 1. The molecule has 3 nitrogen and oxygen atoms in total. The van der Waals surface area contributed by atoms with Crippen LogP contribution in [0.4, 0.5) is 5.69 Å². The zero-order valence-electron chi connectivity index (χ0n) is 11.9. The van der Waals surface area contributed by atoms with Crippen LogP contribution in [0.15, 0.2) is 36.5 Å². The molecule has 1 aromatic heterocycles. The lowest BCUT2D eigenvalue weighted by atomic mass is 10.0. The number of nitrogens with one attached hydrogen (secondary N) is 1. The molecule has 0 spiro atoms. The van der Waals surface area contributed by atoms with Gasteiger partial charge in [-0.15, -0.1) is 0 Å². The van der Waals surface area contributed by atoms with Crippen molar-refractivity contribution in [2.45, 2.75) is 26.8 Å². The van der Waals surface area contributed by atoms with Crippen molar-refractivity contribution >= 4 is 16.6 Å². The lowest BCUT2D eigenvalue weighted by molar-refractivity contribution is 0.127. The highest BCUT2D eigenvalue weighted by molar-refractivity contribution is 5.90. The van der Waals surface area contributed by atoms with E-state index in [4.69, 9.17) is 4.74 Å². The molecule has 19 heavy (non-hydrogen) atoms. The average Bonchev–Trinajstić information content (AvgIpc) is 2.43. The summed E-state index contributed by atoms with van der Waals surface area (Å²) < 4.78 is 5.56. The second-order valence-electron chi connectivity index (χ2n) is 5.03. The maximum absolute atomic E-state index is 5.56. The van der Waals surface area contributed by atoms with Gasteiger partial charge < -0.3 is 10.1 Å². The fourth-order valence-corrected chi connectivity index (χ4v) is 2.07. The number of pyridine rings is 1. The fraction of sp³-hybridized carbons (Fsp3) is 0.438. The third kappa shape index (κ3) is 3.44. The van der Waals surface area contributed by atoms with Gasteiger partial charge in [0.25, 0.3) is 0 Å². The molecule has 0 amide bonds. The van der Waals surface area contributed by atoms with E-state index in [-0.39, 0.29) is 0 Å². The Bertz CT molecular complexity index is 520. The molecule has 3 heteroatoms. The first-order valence-electron chi connectivity index (χ1n) is 6.90. The summed E-state index contributed by atoms with van der Waals surface area (Å²) in [5.41, 5.74) is 2.15. The van der Waals surface area contributed by atoms with E-state index in [2.05, 4.69) is 30.2 Å². The van der Waals surface area contributed by atoms with Gasteiger partial charge in [0, 0.05) is 23.9 Å². The lowest BCUT2D eigenvalue weighted by Gasteiger charge is -2.24. The molecule has 1 heterocycles. The average molecular weight is 258 g/mol. The Kier molecular flexibility index (Phi) is 4.74. The summed E-state index contributed by atoms with van der Waals surface area (Å²) in [5.74, 6) is 0.512. The summed E-state index contributed by atoms with van der Waals surface area (Å²) in [6, 6.07) is 10.5. The maximum atomic E-state index is 5.56. The van der Waals surface area contributed by atoms with E-state index in [0.29, 0.717) is 12.0 Å². The minimum atomic E-state index is 0.311. The first kappa shape index (κ1) is 13.8. The van der Waals surface area contributed by atoms with Crippen LogP contribution in [0.5, 0.6) is 0 Å². The molecular weight excluding hydrogens is 236 g/mol. The maximum Gasteiger partial charge on any atom is 0.0722 e. The van der Waals surface area contributed by atoms with Crippen molar-refractivity contribution < 1.29 is 4.74 Å². The van der Waals surface area contributed by atoms with Crippen LogP contribution in [0.2, 0.25) is 0 Å². The molecule has 0 aliphatic carbocycles. The van der Waals surface area contributed by atoms with Gasteiger partial charge in [0.2, 0.25) is 0 Å². The SMILES string of the molecule is CCOCC(Nc1ccnc2ccccc12)C(C)C. The van der Waals surface area contributed by atoms with E-state index in [1.807, 2.05) is 37.4 Å². The van der Waals surface area contributed by atoms with Gasteiger partial charge in [-0.2, -0.15) is 0 Å². The highest BCUT2D eigenvalue weighted by atomic mass is 16.5. The van der Waals surface area contributed by atoms with Crippen molar-refractivity contribution in [3.8, 4) is 0 Å². The van der Waals surface area contributed by atoms with Gasteiger partial charge in [0.05, 0.1) is 18.2 Å². The number of para-hydroxylation sites is 1. The highest BCUT2D eigenvalue weighted by Crippen LogP contribution is 2.23. The second kappa shape index (κ2) is 6.53. The topological polar surface area (TPSA) is 34.1 Å². The van der Waals surface area contributed by atoms with Crippen LogP contribution >= 0.6 is 0 Å². The summed E-state index contributed by atoms with van der Waals surface area (Å²) >= 11 is 0. The number of rotatable bonds is 6. The number of fused-ring (bicyclic) bond motifs is 1. The van der Waals surface area contributed by atoms with E-state index in [0.717, 1.165) is 29.8 Å². The van der Waals surface area contributed by atoms with E-state index in [1.165, 1.54) is 0 Å². The molecule has 1 aromatic carbocycles. The Morgan fingerprint density at radius 1 is 1.21 bits per heavy atom. The fourth-order valence-electron chi connectivity index (χ4n) is 2.07. The molecule has 1 unspecified atom stereocenters. The number of aromatic nitrogens is 1. The number of benzene rings is 1. The van der Waals surface area contributed by atoms with E-state index >= 15 is 0 Å². The smallest absolute Gasteiger partial charge is 0.0722 e. The molecule has 102 valence electrons. The van der Waals surface area contributed by atoms with Gasteiger partial charge in [-0.3, -0.25) is 4.98 Å². The van der Waals surface area contributed by atoms with Crippen LogP contribution in [0.1, 0.15) is 20.8 Å². The highest BCUT2D eigenvalue weighted by Gasteiger charge is 2.14. The Morgan fingerprint density at radius 3 is 2.74 bits per heavy atom. The van der Waals surface area contributed by atoms with Gasteiger partial charge in [0.15, 0.2) is 0 Å². The molecule has 0 aliphatic heterocycles. The molecule has 1 atom stereocenters. The van der Waals surface area contributed by atoms with Crippen molar-refractivity contribution in [1.82, 2.24) is 4.98 Å². The molecule has 2 rings (SSSR count). The van der Waals surface area contributed by atoms with Crippen LogP contribution in [0.3, 0.4) is 0 Å². The quantitative estimate of drug-likeness (QED) is 0.857. The molecule has 0 saturated heterocycles. The van der Waals surface area contributed by atoms with Crippen molar-refractivity contribution in [3.05, 3.63) is 36.5 Å². The standard InChI is InChI=1S/C16H22N2O/c1-4-19-11-16(12(2)3)18-15-9-10-17-14-8-6-5-7-13(14)15/h5-10,12,16H,4,11H2,1-3H3,(H,17,18). The minimum absolute atomic E-state index is 0.311. The Labute approximate surface area is 115 Å². The lowest BCUT2D eigenvalue weighted by Crippen LogP contribution is -2.31. The molecule has 1 N–H and O–H groups in total. The Balaban J connectivity index is 2.23. The van der Waals surface area contributed by atoms with Gasteiger partial charge in [-0.1, -0.05) is 32.0 Å². The number of nitrogens with zero attached hydrogens (tertiary/aromatic N) is 1. The minimum Gasteiger partial charge on any atom is -0.380 e. The normalized spacial score (nSPS) is 12.8. The van der Waals surface area contributed by atoms with Crippen molar-refractivity contribution in [2.75, 3.05) is 18.5 Å². The predicted molar refractivity (Wildman–Crippen MR) is 80.5 cm³/mol. The molecule has 0 saturated carbocycles. The molecule has 2 aromatic rings. The second-order valence-corrected chi connectivity index (χ2v) is 5.03. The first-order valence-corrected chi connectivity index (χ1v) is 6.90. The van der Waals surface area contributed by atoms with E-state index in [9.17, 15) is 0 Å². The van der Waals surface area contributed by atoms with Crippen molar-refractivity contribution in [1.29, 1.82) is 0 Å². The largest absolute Gasteiger partial charge is 0.380 e. The third-order valence-electron chi connectivity index (χ3n) is 3.30. The van der Waals surface area contributed by atoms with Crippen LogP contribution in [0.25, 0.3) is 10.9 Å². The monoisotopic (exact) mass is 258 g/mol. The van der Waals surface area contributed by atoms with Crippen molar-refractivity contribution in [2.24, 2.45) is 5.92 Å². The van der Waals surface area contributed by atoms with Crippen LogP contribution in [-0.4, -0.2) is 24.2 Å². The first-order chi connectivity index (χ1) is 9.22. The summed E-state index contributed by atoms with van der Waals surface area (Å²) in [4.78, 5) is 4.38. The van der Waals surface area contributed by atoms with Crippen LogP contribution < -0.4 is 5.32 Å². The summed E-state index contributed by atoms with van der Waals surface area (Å²) in [5, 5.41) is 4.75. The van der Waals surface area contributed by atoms with E-state index in [1.54, 1.807) is 0 Å². The van der Waals surface area contributed by atoms with Gasteiger partial charge in [-0.05, 0) is 25.0 Å². The zero-order valence-corrected chi connectivity index (χ0v) is 11.9. The Hall–Kier alpha value is -1.61. The molecule has 0 radical (unpaired) electrons. The number of ether oxygens (including phenoxy) is 1. The number of hydrogen-bond donors (Lipinski definition) is 1. The van der Waals surface area contributed by atoms with Crippen molar-refractivity contribution in [3.63, 3.8) is 0 Å². The number of hydrogen-bond acceptors (Lipinski definition) is 3. The van der Waals surface area contributed by atoms with Crippen LogP contribution in [-0.2, 0) is 4.74 Å². The molecule has 0 aliphatic rings. The van der Waals surface area contributed by atoms with Gasteiger partial charge in [-0.25, -0.2) is 0 Å². The third-order valence-corrected chi connectivity index (χ3v) is 3.30. The van der Waals surface area contributed by atoms with Crippen LogP contribution in [0, 0.1) is 5.92 Å². The summed E-state index contributed by atoms with van der Waals surface area (Å²) in [6.07, 6.45) is 1.85. The zero-order chi connectivity index (χ0) is 13.7. The summed E-state index contributed by atoms with van der Waals surface area (Å²) in [6.45, 7) is 7.92. The molecule has 0 bridgehead atoms. The van der Waals surface area contributed by atoms with E-state index < -0.39 is 0 Å².